The van der Waals surface area contributed by atoms with Gasteiger partial charge in [-0.3, -0.25) is 9.59 Å². The van der Waals surface area contributed by atoms with Crippen molar-refractivity contribution in [3.05, 3.63) is 0 Å². The van der Waals surface area contributed by atoms with E-state index in [0.29, 0.717) is 19.5 Å². The predicted octanol–water partition coefficient (Wildman–Crippen LogP) is 0.366. The van der Waals surface area contributed by atoms with Crippen molar-refractivity contribution in [2.45, 2.75) is 31.7 Å². The van der Waals surface area contributed by atoms with Crippen molar-refractivity contribution in [1.82, 2.24) is 9.80 Å². The van der Waals surface area contributed by atoms with E-state index in [-0.39, 0.29) is 30.4 Å². The van der Waals surface area contributed by atoms with Crippen LogP contribution in [0.25, 0.3) is 0 Å². The van der Waals surface area contributed by atoms with Gasteiger partial charge in [0.2, 0.25) is 5.91 Å². The standard InChI is InChI=1S/C12H16N2O4/c15-10-7-18-12(17)14(10)9-4-5-13(6-9)11(16)8-2-1-3-8/h8-9H,1-7H2. The average Bonchev–Trinajstić information content (AvgIpc) is 2.83. The minimum Gasteiger partial charge on any atom is -0.439 e. The van der Waals surface area contributed by atoms with Crippen LogP contribution in [0, 0.1) is 5.92 Å². The number of likely N-dealkylation sites (tertiary alicyclic amines) is 1. The van der Waals surface area contributed by atoms with Crippen LogP contribution in [0.3, 0.4) is 0 Å². The van der Waals surface area contributed by atoms with Gasteiger partial charge in [-0.15, -0.1) is 0 Å². The van der Waals surface area contributed by atoms with Crippen molar-refractivity contribution in [3.8, 4) is 0 Å². The number of imide groups is 1. The van der Waals surface area contributed by atoms with Gasteiger partial charge < -0.3 is 9.64 Å². The van der Waals surface area contributed by atoms with Gasteiger partial charge in [-0.2, -0.15) is 0 Å². The van der Waals surface area contributed by atoms with E-state index in [2.05, 4.69) is 0 Å². The largest absolute Gasteiger partial charge is 0.439 e. The molecule has 0 N–H and O–H groups in total. The van der Waals surface area contributed by atoms with Gasteiger partial charge in [-0.25, -0.2) is 9.69 Å². The number of amides is 3. The van der Waals surface area contributed by atoms with E-state index >= 15 is 0 Å². The number of hydrogen-bond donors (Lipinski definition) is 0. The molecule has 1 unspecified atom stereocenters. The summed E-state index contributed by atoms with van der Waals surface area (Å²) in [6, 6.07) is -0.198. The number of nitrogens with zero attached hydrogens (tertiary/aromatic N) is 2. The second-order valence-electron chi connectivity index (χ2n) is 5.17. The normalized spacial score (nSPS) is 28.6. The second-order valence-corrected chi connectivity index (χ2v) is 5.17. The number of carbonyl (C=O) groups excluding carboxylic acids is 3. The SMILES string of the molecule is O=C(C1CCC1)N1CCC(N2C(=O)COC2=O)C1. The van der Waals surface area contributed by atoms with Gasteiger partial charge >= 0.3 is 6.09 Å². The van der Waals surface area contributed by atoms with Crippen molar-refractivity contribution in [2.75, 3.05) is 19.7 Å². The zero-order chi connectivity index (χ0) is 12.7. The maximum Gasteiger partial charge on any atom is 0.417 e. The Balaban J connectivity index is 1.62. The first-order chi connectivity index (χ1) is 8.66. The van der Waals surface area contributed by atoms with Gasteiger partial charge in [0.25, 0.3) is 5.91 Å². The third-order valence-corrected chi connectivity index (χ3v) is 4.08. The molecule has 18 heavy (non-hydrogen) atoms. The van der Waals surface area contributed by atoms with Crippen LogP contribution in [-0.4, -0.2) is 53.4 Å². The van der Waals surface area contributed by atoms with Crippen LogP contribution in [0.4, 0.5) is 4.79 Å². The lowest BCUT2D eigenvalue weighted by Gasteiger charge is -2.29. The lowest BCUT2D eigenvalue weighted by molar-refractivity contribution is -0.137. The van der Waals surface area contributed by atoms with Crippen LogP contribution < -0.4 is 0 Å². The fraction of sp³-hybridized carbons (Fsp3) is 0.750. The number of ether oxygens (including phenoxy) is 1. The summed E-state index contributed by atoms with van der Waals surface area (Å²) in [5, 5.41) is 0. The summed E-state index contributed by atoms with van der Waals surface area (Å²) in [4.78, 5) is 38.0. The zero-order valence-electron chi connectivity index (χ0n) is 10.1. The molecule has 6 nitrogen and oxygen atoms in total. The van der Waals surface area contributed by atoms with Gasteiger partial charge in [0.05, 0.1) is 6.04 Å². The van der Waals surface area contributed by atoms with E-state index in [9.17, 15) is 14.4 Å². The Labute approximate surface area is 105 Å². The topological polar surface area (TPSA) is 66.9 Å². The molecule has 3 fully saturated rings. The minimum atomic E-state index is -0.567. The monoisotopic (exact) mass is 252 g/mol. The van der Waals surface area contributed by atoms with Crippen LogP contribution in [0.5, 0.6) is 0 Å². The van der Waals surface area contributed by atoms with Gasteiger partial charge in [-0.05, 0) is 19.3 Å². The quantitative estimate of drug-likeness (QED) is 0.712. The summed E-state index contributed by atoms with van der Waals surface area (Å²) in [6.07, 6.45) is 3.18. The third kappa shape index (κ3) is 1.76. The maximum absolute atomic E-state index is 12.1. The molecule has 0 bridgehead atoms. The molecular formula is C12H16N2O4. The molecule has 0 aromatic rings. The number of hydrogen-bond acceptors (Lipinski definition) is 4. The lowest BCUT2D eigenvalue weighted by Crippen LogP contribution is -2.43. The molecule has 3 aliphatic rings. The van der Waals surface area contributed by atoms with Gasteiger partial charge in [0, 0.05) is 19.0 Å². The molecule has 1 aliphatic carbocycles. The summed E-state index contributed by atoms with van der Waals surface area (Å²) in [5.41, 5.74) is 0. The first kappa shape index (κ1) is 11.5. The lowest BCUT2D eigenvalue weighted by atomic mass is 9.84. The third-order valence-electron chi connectivity index (χ3n) is 4.08. The van der Waals surface area contributed by atoms with E-state index in [1.54, 1.807) is 4.90 Å². The Morgan fingerprint density at radius 1 is 1.22 bits per heavy atom. The molecule has 2 aliphatic heterocycles. The Morgan fingerprint density at radius 2 is 2.00 bits per heavy atom. The van der Waals surface area contributed by atoms with Crippen LogP contribution in [0.15, 0.2) is 0 Å². The van der Waals surface area contributed by atoms with Gasteiger partial charge in [0.1, 0.15) is 0 Å². The van der Waals surface area contributed by atoms with E-state index < -0.39 is 6.09 Å². The highest BCUT2D eigenvalue weighted by molar-refractivity contribution is 5.98. The molecule has 0 aromatic carbocycles. The molecule has 3 rings (SSSR count). The van der Waals surface area contributed by atoms with Crippen LogP contribution in [0.1, 0.15) is 25.7 Å². The fourth-order valence-electron chi connectivity index (χ4n) is 2.78. The Bertz CT molecular complexity index is 389. The highest BCUT2D eigenvalue weighted by Crippen LogP contribution is 2.30. The first-order valence-corrected chi connectivity index (χ1v) is 6.44. The van der Waals surface area contributed by atoms with Crippen molar-refractivity contribution >= 4 is 17.9 Å². The van der Waals surface area contributed by atoms with Gasteiger partial charge in [-0.1, -0.05) is 6.42 Å². The van der Waals surface area contributed by atoms with Crippen LogP contribution in [-0.2, 0) is 14.3 Å². The molecule has 2 saturated heterocycles. The van der Waals surface area contributed by atoms with E-state index in [4.69, 9.17) is 4.74 Å². The number of rotatable bonds is 2. The summed E-state index contributed by atoms with van der Waals surface area (Å²) >= 11 is 0. The van der Waals surface area contributed by atoms with Crippen molar-refractivity contribution in [3.63, 3.8) is 0 Å². The molecule has 0 radical (unpaired) electrons. The Hall–Kier alpha value is -1.59. The molecule has 3 amide bonds. The molecule has 1 atom stereocenters. The minimum absolute atomic E-state index is 0.161. The molecule has 6 heteroatoms. The molecular weight excluding hydrogens is 236 g/mol. The second kappa shape index (κ2) is 4.26. The van der Waals surface area contributed by atoms with E-state index in [1.807, 2.05) is 0 Å². The van der Waals surface area contributed by atoms with Crippen molar-refractivity contribution in [2.24, 2.45) is 5.92 Å². The molecule has 0 aromatic heterocycles. The van der Waals surface area contributed by atoms with E-state index in [1.165, 1.54) is 4.90 Å². The van der Waals surface area contributed by atoms with Crippen LogP contribution in [0.2, 0.25) is 0 Å². The highest BCUT2D eigenvalue weighted by atomic mass is 16.6. The number of carbonyl (C=O) groups is 3. The zero-order valence-corrected chi connectivity index (χ0v) is 10.1. The van der Waals surface area contributed by atoms with E-state index in [0.717, 1.165) is 19.3 Å². The van der Waals surface area contributed by atoms with Crippen LogP contribution >= 0.6 is 0 Å². The Morgan fingerprint density at radius 3 is 2.56 bits per heavy atom. The maximum atomic E-state index is 12.1. The molecule has 0 spiro atoms. The fourth-order valence-corrected chi connectivity index (χ4v) is 2.78. The molecule has 1 saturated carbocycles. The first-order valence-electron chi connectivity index (χ1n) is 6.44. The Kier molecular flexibility index (Phi) is 2.72. The van der Waals surface area contributed by atoms with Gasteiger partial charge in [0.15, 0.2) is 6.61 Å². The number of cyclic esters (lactones) is 1. The summed E-state index contributed by atoms with van der Waals surface area (Å²) in [5.74, 6) is 0.0664. The van der Waals surface area contributed by atoms with Crippen molar-refractivity contribution in [1.29, 1.82) is 0 Å². The molecule has 2 heterocycles. The molecule has 98 valence electrons. The summed E-state index contributed by atoms with van der Waals surface area (Å²) in [6.45, 7) is 0.944. The summed E-state index contributed by atoms with van der Waals surface area (Å²) < 4.78 is 4.70. The average molecular weight is 252 g/mol. The summed E-state index contributed by atoms with van der Waals surface area (Å²) in [7, 11) is 0. The highest BCUT2D eigenvalue weighted by Gasteiger charge is 2.42. The predicted molar refractivity (Wildman–Crippen MR) is 60.5 cm³/mol. The smallest absolute Gasteiger partial charge is 0.417 e. The van der Waals surface area contributed by atoms with Crippen molar-refractivity contribution < 1.29 is 19.1 Å².